The lowest BCUT2D eigenvalue weighted by Gasteiger charge is -2.09. The summed E-state index contributed by atoms with van der Waals surface area (Å²) in [7, 11) is 0. The Hall–Kier alpha value is -4.45. The first-order valence-electron chi connectivity index (χ1n) is 9.64. The van der Waals surface area contributed by atoms with Crippen molar-refractivity contribution in [1.29, 1.82) is 0 Å². The molecule has 1 aromatic heterocycles. The fourth-order valence-corrected chi connectivity index (χ4v) is 3.00. The van der Waals surface area contributed by atoms with Gasteiger partial charge in [0, 0.05) is 22.4 Å². The zero-order valence-corrected chi connectivity index (χ0v) is 16.5. The molecule has 152 valence electrons. The minimum atomic E-state index is -0.393. The summed E-state index contributed by atoms with van der Waals surface area (Å²) in [5, 5.41) is 7.09. The number of hydrogen-bond acceptors (Lipinski definition) is 4. The van der Waals surface area contributed by atoms with Gasteiger partial charge in [0.2, 0.25) is 0 Å². The lowest BCUT2D eigenvalue weighted by atomic mass is 10.0. The van der Waals surface area contributed by atoms with Crippen LogP contribution in [-0.4, -0.2) is 17.5 Å². The molecule has 0 spiro atoms. The van der Waals surface area contributed by atoms with Crippen LogP contribution >= 0.6 is 0 Å². The van der Waals surface area contributed by atoms with E-state index in [4.69, 9.17) is 4.42 Å². The molecule has 0 aliphatic carbocycles. The molecule has 0 bridgehead atoms. The van der Waals surface area contributed by atoms with Gasteiger partial charge in [-0.2, -0.15) is 5.10 Å². The van der Waals surface area contributed by atoms with Crippen LogP contribution in [0.15, 0.2) is 113 Å². The SMILES string of the molecule is O=C(NN=C(c1ccccc1)c1ccccc1)c1cccc(NC(=O)c2ccco2)c1. The highest BCUT2D eigenvalue weighted by molar-refractivity contribution is 6.13. The van der Waals surface area contributed by atoms with Crippen LogP contribution < -0.4 is 10.7 Å². The number of carbonyl (C=O) groups excluding carboxylic acids is 2. The monoisotopic (exact) mass is 409 g/mol. The summed E-state index contributed by atoms with van der Waals surface area (Å²) in [6.45, 7) is 0. The summed E-state index contributed by atoms with van der Waals surface area (Å²) < 4.78 is 5.09. The van der Waals surface area contributed by atoms with Crippen molar-refractivity contribution in [2.45, 2.75) is 0 Å². The van der Waals surface area contributed by atoms with E-state index >= 15 is 0 Å². The number of anilines is 1. The summed E-state index contributed by atoms with van der Waals surface area (Å²) in [6, 6.07) is 29.1. The van der Waals surface area contributed by atoms with Crippen molar-refractivity contribution in [3.8, 4) is 0 Å². The first kappa shape index (κ1) is 19.8. The van der Waals surface area contributed by atoms with Crippen molar-refractivity contribution in [1.82, 2.24) is 5.43 Å². The van der Waals surface area contributed by atoms with Crippen molar-refractivity contribution in [2.24, 2.45) is 5.10 Å². The van der Waals surface area contributed by atoms with Crippen LogP contribution in [0.2, 0.25) is 0 Å². The van der Waals surface area contributed by atoms with Gasteiger partial charge < -0.3 is 9.73 Å². The Kier molecular flexibility index (Phi) is 6.00. The molecule has 0 saturated carbocycles. The summed E-state index contributed by atoms with van der Waals surface area (Å²) >= 11 is 0. The minimum absolute atomic E-state index is 0.190. The van der Waals surface area contributed by atoms with Gasteiger partial charge in [-0.3, -0.25) is 9.59 Å². The smallest absolute Gasteiger partial charge is 0.291 e. The summed E-state index contributed by atoms with van der Waals surface area (Å²) in [5.74, 6) is -0.593. The number of nitrogens with zero attached hydrogens (tertiary/aromatic N) is 1. The molecule has 0 radical (unpaired) electrons. The largest absolute Gasteiger partial charge is 0.459 e. The number of hydrazone groups is 1. The lowest BCUT2D eigenvalue weighted by Crippen LogP contribution is -2.21. The van der Waals surface area contributed by atoms with Crippen LogP contribution in [-0.2, 0) is 0 Å². The van der Waals surface area contributed by atoms with Gasteiger partial charge >= 0.3 is 0 Å². The molecule has 0 aliphatic rings. The van der Waals surface area contributed by atoms with Gasteiger partial charge in [-0.25, -0.2) is 5.43 Å². The van der Waals surface area contributed by atoms with Gasteiger partial charge in [0.25, 0.3) is 11.8 Å². The third-order valence-corrected chi connectivity index (χ3v) is 4.49. The summed E-state index contributed by atoms with van der Waals surface area (Å²) in [6.07, 6.45) is 1.42. The quantitative estimate of drug-likeness (QED) is 0.357. The van der Waals surface area contributed by atoms with Crippen LogP contribution in [0, 0.1) is 0 Å². The molecule has 0 aliphatic heterocycles. The van der Waals surface area contributed by atoms with E-state index in [1.54, 1.807) is 36.4 Å². The number of amides is 2. The third-order valence-electron chi connectivity index (χ3n) is 4.49. The Bertz CT molecular complexity index is 1160. The van der Waals surface area contributed by atoms with Crippen molar-refractivity contribution >= 4 is 23.2 Å². The number of hydrogen-bond donors (Lipinski definition) is 2. The first-order valence-corrected chi connectivity index (χ1v) is 9.64. The Morgan fingerprint density at radius 1 is 0.677 bits per heavy atom. The Balaban J connectivity index is 1.54. The zero-order valence-electron chi connectivity index (χ0n) is 16.5. The molecule has 0 unspecified atom stereocenters. The molecule has 2 N–H and O–H groups in total. The predicted molar refractivity (Wildman–Crippen MR) is 119 cm³/mol. The molecule has 6 nitrogen and oxygen atoms in total. The average molecular weight is 409 g/mol. The van der Waals surface area contributed by atoms with Crippen molar-refractivity contribution in [3.63, 3.8) is 0 Å². The molecule has 1 heterocycles. The van der Waals surface area contributed by atoms with Crippen molar-refractivity contribution in [2.75, 3.05) is 5.32 Å². The van der Waals surface area contributed by atoms with Crippen LogP contribution in [0.1, 0.15) is 32.0 Å². The topological polar surface area (TPSA) is 83.7 Å². The van der Waals surface area contributed by atoms with Gasteiger partial charge in [-0.15, -0.1) is 0 Å². The maximum Gasteiger partial charge on any atom is 0.291 e. The number of benzene rings is 3. The van der Waals surface area contributed by atoms with E-state index in [1.807, 2.05) is 60.7 Å². The highest BCUT2D eigenvalue weighted by Crippen LogP contribution is 2.14. The summed E-state index contributed by atoms with van der Waals surface area (Å²) in [4.78, 5) is 24.9. The summed E-state index contributed by atoms with van der Waals surface area (Å²) in [5.41, 5.74) is 5.88. The number of rotatable bonds is 6. The van der Waals surface area contributed by atoms with E-state index in [-0.39, 0.29) is 5.76 Å². The molecule has 3 aromatic carbocycles. The molecule has 6 heteroatoms. The van der Waals surface area contributed by atoms with Gasteiger partial charge in [0.1, 0.15) is 0 Å². The Morgan fingerprint density at radius 2 is 1.32 bits per heavy atom. The molecule has 4 aromatic rings. The standard InChI is InChI=1S/C25H19N3O3/c29-24(20-13-7-14-21(17-20)26-25(30)22-15-8-16-31-22)28-27-23(18-9-3-1-4-10-18)19-11-5-2-6-12-19/h1-17H,(H,26,30)(H,28,29). The zero-order chi connectivity index (χ0) is 21.5. The number of carbonyl (C=O) groups is 2. The van der Waals surface area contributed by atoms with E-state index in [0.29, 0.717) is 17.0 Å². The van der Waals surface area contributed by atoms with E-state index in [0.717, 1.165) is 11.1 Å². The van der Waals surface area contributed by atoms with Crippen molar-refractivity contribution < 1.29 is 14.0 Å². The molecule has 0 saturated heterocycles. The fourth-order valence-electron chi connectivity index (χ4n) is 3.00. The molecule has 0 atom stereocenters. The Morgan fingerprint density at radius 3 is 1.94 bits per heavy atom. The van der Waals surface area contributed by atoms with E-state index < -0.39 is 11.8 Å². The second-order valence-electron chi connectivity index (χ2n) is 6.65. The van der Waals surface area contributed by atoms with Gasteiger partial charge in [0.15, 0.2) is 5.76 Å². The van der Waals surface area contributed by atoms with Crippen LogP contribution in [0.25, 0.3) is 0 Å². The van der Waals surface area contributed by atoms with E-state index in [2.05, 4.69) is 15.8 Å². The molecular formula is C25H19N3O3. The van der Waals surface area contributed by atoms with Crippen molar-refractivity contribution in [3.05, 3.63) is 126 Å². The maximum atomic E-state index is 12.7. The van der Waals surface area contributed by atoms with Crippen LogP contribution in [0.5, 0.6) is 0 Å². The van der Waals surface area contributed by atoms with E-state index in [1.165, 1.54) is 6.26 Å². The third kappa shape index (κ3) is 4.94. The highest BCUT2D eigenvalue weighted by Gasteiger charge is 2.12. The fraction of sp³-hybridized carbons (Fsp3) is 0. The van der Waals surface area contributed by atoms with Crippen LogP contribution in [0.4, 0.5) is 5.69 Å². The van der Waals surface area contributed by atoms with Gasteiger partial charge in [0.05, 0.1) is 12.0 Å². The van der Waals surface area contributed by atoms with Gasteiger partial charge in [-0.05, 0) is 30.3 Å². The number of nitrogens with one attached hydrogen (secondary N) is 2. The number of furan rings is 1. The average Bonchev–Trinajstić information content (AvgIpc) is 3.36. The Labute approximate surface area is 179 Å². The normalized spacial score (nSPS) is 10.2. The van der Waals surface area contributed by atoms with Gasteiger partial charge in [-0.1, -0.05) is 66.7 Å². The van der Waals surface area contributed by atoms with Crippen LogP contribution in [0.3, 0.4) is 0 Å². The molecule has 0 fully saturated rings. The molecule has 31 heavy (non-hydrogen) atoms. The molecular weight excluding hydrogens is 390 g/mol. The second kappa shape index (κ2) is 9.37. The van der Waals surface area contributed by atoms with E-state index in [9.17, 15) is 9.59 Å². The lowest BCUT2D eigenvalue weighted by molar-refractivity contribution is 0.0952. The predicted octanol–water partition coefficient (Wildman–Crippen LogP) is 4.71. The molecule has 4 rings (SSSR count). The second-order valence-corrected chi connectivity index (χ2v) is 6.65. The highest BCUT2D eigenvalue weighted by atomic mass is 16.3. The maximum absolute atomic E-state index is 12.7. The first-order chi connectivity index (χ1) is 15.2. The molecule has 2 amide bonds. The minimum Gasteiger partial charge on any atom is -0.459 e.